The number of nitrogens with one attached hydrogen (secondary N) is 1. The Balaban J connectivity index is 2.91. The van der Waals surface area contributed by atoms with Gasteiger partial charge in [-0.2, -0.15) is 0 Å². The summed E-state index contributed by atoms with van der Waals surface area (Å²) >= 11 is 0. The van der Waals surface area contributed by atoms with Crippen LogP contribution >= 0.6 is 0 Å². The van der Waals surface area contributed by atoms with Gasteiger partial charge in [0, 0.05) is 12.3 Å². The molecule has 0 spiro atoms. The topological polar surface area (TPSA) is 47.3 Å². The maximum Gasteiger partial charge on any atom is 0.212 e. The van der Waals surface area contributed by atoms with Crippen molar-refractivity contribution < 1.29 is 4.43 Å². The van der Waals surface area contributed by atoms with E-state index >= 15 is 0 Å². The van der Waals surface area contributed by atoms with Gasteiger partial charge in [-0.1, -0.05) is 34.1 Å². The van der Waals surface area contributed by atoms with Crippen molar-refractivity contribution in [1.82, 2.24) is 5.32 Å². The normalized spacial score (nSPS) is 29.6. The Morgan fingerprint density at radius 2 is 1.76 bits per heavy atom. The van der Waals surface area contributed by atoms with Gasteiger partial charge in [0.25, 0.3) is 0 Å². The summed E-state index contributed by atoms with van der Waals surface area (Å²) in [6.45, 7) is 12.2. The van der Waals surface area contributed by atoms with E-state index in [-0.39, 0.29) is 6.17 Å². The van der Waals surface area contributed by atoms with Crippen LogP contribution in [-0.4, -0.2) is 26.8 Å². The third-order valence-corrected chi connectivity index (χ3v) is 9.66. The van der Waals surface area contributed by atoms with Gasteiger partial charge in [0.15, 0.2) is 0 Å². The molecule has 0 amide bonds. The van der Waals surface area contributed by atoms with Crippen LogP contribution in [0, 0.1) is 5.92 Å². The Morgan fingerprint density at radius 1 is 1.12 bits per heavy atom. The lowest BCUT2D eigenvalue weighted by Crippen LogP contribution is -2.65. The summed E-state index contributed by atoms with van der Waals surface area (Å²) in [7, 11) is -1.71. The molecule has 0 radical (unpaired) electrons. The highest BCUT2D eigenvalue weighted by Gasteiger charge is 2.48. The van der Waals surface area contributed by atoms with E-state index in [1.54, 1.807) is 0 Å². The zero-order chi connectivity index (χ0) is 13.1. The Hall–Kier alpha value is 0.0969. The molecule has 0 bridgehead atoms. The molecule has 0 aromatic rings. The van der Waals surface area contributed by atoms with Gasteiger partial charge >= 0.3 is 0 Å². The van der Waals surface area contributed by atoms with Crippen LogP contribution in [0.4, 0.5) is 0 Å². The fourth-order valence-corrected chi connectivity index (χ4v) is 8.34. The molecule has 4 heteroatoms. The van der Waals surface area contributed by atoms with Crippen molar-refractivity contribution in [1.29, 1.82) is 0 Å². The molecule has 1 rings (SSSR count). The summed E-state index contributed by atoms with van der Waals surface area (Å²) in [6, 6.07) is 1.28. The van der Waals surface area contributed by atoms with Crippen LogP contribution in [0.5, 0.6) is 0 Å². The van der Waals surface area contributed by atoms with Gasteiger partial charge in [-0.25, -0.2) is 0 Å². The predicted molar refractivity (Wildman–Crippen MR) is 76.3 cm³/mol. The van der Waals surface area contributed by atoms with Crippen molar-refractivity contribution in [3.05, 3.63) is 0 Å². The summed E-state index contributed by atoms with van der Waals surface area (Å²) in [5.74, 6) is 0.591. The van der Waals surface area contributed by atoms with E-state index in [9.17, 15) is 0 Å². The first kappa shape index (κ1) is 15.2. The number of hydrogen-bond donors (Lipinski definition) is 2. The maximum absolute atomic E-state index is 6.37. The van der Waals surface area contributed by atoms with Crippen molar-refractivity contribution in [2.75, 3.05) is 6.61 Å². The molecule has 3 nitrogen and oxygen atoms in total. The van der Waals surface area contributed by atoms with E-state index in [0.717, 1.165) is 6.61 Å². The minimum absolute atomic E-state index is 0.0519. The molecule has 1 saturated heterocycles. The lowest BCUT2D eigenvalue weighted by molar-refractivity contribution is 0.232. The minimum atomic E-state index is -1.71. The molecule has 0 aromatic heterocycles. The average molecular weight is 258 g/mol. The van der Waals surface area contributed by atoms with Crippen LogP contribution in [0.3, 0.4) is 0 Å². The van der Waals surface area contributed by atoms with E-state index in [0.29, 0.717) is 17.1 Å². The molecule has 0 aliphatic carbocycles. The molecule has 102 valence electrons. The summed E-state index contributed by atoms with van der Waals surface area (Å²) in [5.41, 5.74) is 7.08. The molecule has 0 saturated carbocycles. The second-order valence-electron chi connectivity index (χ2n) is 6.09. The molecule has 0 aromatic carbocycles. The van der Waals surface area contributed by atoms with Crippen molar-refractivity contribution in [3.8, 4) is 0 Å². The average Bonchev–Trinajstić information content (AvgIpc) is 2.26. The van der Waals surface area contributed by atoms with E-state index in [2.05, 4.69) is 33.0 Å². The highest BCUT2D eigenvalue weighted by Crippen LogP contribution is 2.37. The first-order chi connectivity index (χ1) is 7.90. The molecular weight excluding hydrogens is 228 g/mol. The fourth-order valence-electron chi connectivity index (χ4n) is 3.08. The van der Waals surface area contributed by atoms with Crippen LogP contribution in [0.1, 0.15) is 47.5 Å². The smallest absolute Gasteiger partial charge is 0.212 e. The SMILES string of the molecule is CC(N)NC(C(C)C)[Si]1(C(C)C)CCCCO1. The van der Waals surface area contributed by atoms with Gasteiger partial charge in [0.2, 0.25) is 8.32 Å². The zero-order valence-electron chi connectivity index (χ0n) is 12.1. The Kier molecular flexibility index (Phi) is 5.63. The number of hydrogen-bond acceptors (Lipinski definition) is 3. The summed E-state index contributed by atoms with van der Waals surface area (Å²) in [5, 5.41) is 3.59. The first-order valence-corrected chi connectivity index (χ1v) is 9.32. The van der Waals surface area contributed by atoms with Crippen molar-refractivity contribution in [2.24, 2.45) is 11.7 Å². The summed E-state index contributed by atoms with van der Waals surface area (Å²) in [4.78, 5) is 0. The minimum Gasteiger partial charge on any atom is -0.415 e. The quantitative estimate of drug-likeness (QED) is 0.589. The lowest BCUT2D eigenvalue weighted by atomic mass is 10.2. The van der Waals surface area contributed by atoms with Crippen molar-refractivity contribution >= 4 is 8.32 Å². The van der Waals surface area contributed by atoms with Gasteiger partial charge in [0.1, 0.15) is 0 Å². The van der Waals surface area contributed by atoms with Crippen LogP contribution in [0.2, 0.25) is 11.6 Å². The van der Waals surface area contributed by atoms with E-state index < -0.39 is 8.32 Å². The van der Waals surface area contributed by atoms with E-state index in [1.165, 1.54) is 18.9 Å². The van der Waals surface area contributed by atoms with Crippen molar-refractivity contribution in [2.45, 2.75) is 70.9 Å². The second kappa shape index (κ2) is 6.32. The molecule has 1 aliphatic rings. The molecule has 3 atom stereocenters. The van der Waals surface area contributed by atoms with Gasteiger partial charge in [0.05, 0.1) is 6.17 Å². The predicted octanol–water partition coefficient (Wildman–Crippen LogP) is 2.61. The van der Waals surface area contributed by atoms with Crippen LogP contribution < -0.4 is 11.1 Å². The Bertz CT molecular complexity index is 225. The Morgan fingerprint density at radius 3 is 2.12 bits per heavy atom. The van der Waals surface area contributed by atoms with E-state index in [4.69, 9.17) is 10.2 Å². The third kappa shape index (κ3) is 3.53. The largest absolute Gasteiger partial charge is 0.415 e. The first-order valence-electron chi connectivity index (χ1n) is 7.05. The van der Waals surface area contributed by atoms with Crippen LogP contribution in [-0.2, 0) is 4.43 Å². The molecule has 3 unspecified atom stereocenters. The third-order valence-electron chi connectivity index (χ3n) is 3.95. The lowest BCUT2D eigenvalue weighted by Gasteiger charge is -2.46. The number of nitrogens with two attached hydrogens (primary N) is 1. The Labute approximate surface area is 108 Å². The van der Waals surface area contributed by atoms with Gasteiger partial charge in [-0.15, -0.1) is 0 Å². The highest BCUT2D eigenvalue weighted by atomic mass is 28.4. The maximum atomic E-state index is 6.37. The molecular formula is C13H30N2OSi. The molecule has 1 fully saturated rings. The molecule has 1 heterocycles. The second-order valence-corrected chi connectivity index (χ2v) is 10.6. The van der Waals surface area contributed by atoms with Gasteiger partial charge in [-0.05, 0) is 30.8 Å². The monoisotopic (exact) mass is 258 g/mol. The molecule has 17 heavy (non-hydrogen) atoms. The van der Waals surface area contributed by atoms with Crippen molar-refractivity contribution in [3.63, 3.8) is 0 Å². The van der Waals surface area contributed by atoms with E-state index in [1.807, 2.05) is 6.92 Å². The summed E-state index contributed by atoms with van der Waals surface area (Å²) < 4.78 is 6.37. The zero-order valence-corrected chi connectivity index (χ0v) is 13.1. The van der Waals surface area contributed by atoms with Crippen LogP contribution in [0.15, 0.2) is 0 Å². The van der Waals surface area contributed by atoms with Crippen LogP contribution in [0.25, 0.3) is 0 Å². The fraction of sp³-hybridized carbons (Fsp3) is 1.00. The van der Waals surface area contributed by atoms with Gasteiger partial charge in [-0.3, -0.25) is 5.32 Å². The molecule has 1 aliphatic heterocycles. The van der Waals surface area contributed by atoms with Gasteiger partial charge < -0.3 is 10.2 Å². The highest BCUT2D eigenvalue weighted by molar-refractivity contribution is 6.76. The molecule has 3 N–H and O–H groups in total. The summed E-state index contributed by atoms with van der Waals surface area (Å²) in [6.07, 6.45) is 2.61. The standard InChI is InChI=1S/C13H30N2OSi/c1-10(2)13(15-12(5)14)17(11(3)4)9-7-6-8-16-17/h10-13,15H,6-9,14H2,1-5H3. The number of rotatable bonds is 5.